The van der Waals surface area contributed by atoms with E-state index >= 15 is 0 Å². The summed E-state index contributed by atoms with van der Waals surface area (Å²) in [5, 5.41) is 15.5. The van der Waals surface area contributed by atoms with Crippen molar-refractivity contribution >= 4 is 22.0 Å². The lowest BCUT2D eigenvalue weighted by Gasteiger charge is -2.21. The Kier molecular flexibility index (Phi) is 12.1. The SMILES string of the molecule is CC(C)C[C@H](NC(=O)OCc1ccccc1)C(=O)NCC(O)CNS(=O)(=O)c1ccccc1OCc1ccccc1. The zero-order valence-electron chi connectivity index (χ0n) is 23.2. The van der Waals surface area contributed by atoms with Gasteiger partial charge in [-0.1, -0.05) is 86.6 Å². The molecule has 220 valence electrons. The maximum Gasteiger partial charge on any atom is 0.408 e. The van der Waals surface area contributed by atoms with Gasteiger partial charge in [-0.3, -0.25) is 4.79 Å². The fourth-order valence-electron chi connectivity index (χ4n) is 3.83. The summed E-state index contributed by atoms with van der Waals surface area (Å²) in [6.07, 6.45) is -1.62. The molecule has 2 amide bonds. The molecule has 2 atom stereocenters. The van der Waals surface area contributed by atoms with E-state index in [0.29, 0.717) is 6.42 Å². The highest BCUT2D eigenvalue weighted by Crippen LogP contribution is 2.24. The van der Waals surface area contributed by atoms with E-state index < -0.39 is 34.2 Å². The summed E-state index contributed by atoms with van der Waals surface area (Å²) in [7, 11) is -4.03. The molecular weight excluding hydrogens is 546 g/mol. The second kappa shape index (κ2) is 15.8. The first-order chi connectivity index (χ1) is 19.6. The predicted octanol–water partition coefficient (Wildman–Crippen LogP) is 3.36. The number of ether oxygens (including phenoxy) is 2. The number of aliphatic hydroxyl groups excluding tert-OH is 1. The lowest BCUT2D eigenvalue weighted by Crippen LogP contribution is -2.50. The predicted molar refractivity (Wildman–Crippen MR) is 154 cm³/mol. The second-order valence-electron chi connectivity index (χ2n) is 9.86. The van der Waals surface area contributed by atoms with Crippen molar-refractivity contribution in [3.8, 4) is 5.75 Å². The van der Waals surface area contributed by atoms with Gasteiger partial charge >= 0.3 is 6.09 Å². The molecule has 4 N–H and O–H groups in total. The Bertz CT molecular complexity index is 1350. The van der Waals surface area contributed by atoms with E-state index in [2.05, 4.69) is 15.4 Å². The maximum atomic E-state index is 13.0. The van der Waals surface area contributed by atoms with Crippen molar-refractivity contribution < 1.29 is 32.6 Å². The Labute approximate surface area is 241 Å². The van der Waals surface area contributed by atoms with E-state index in [1.165, 1.54) is 6.07 Å². The molecule has 0 heterocycles. The third-order valence-corrected chi connectivity index (χ3v) is 7.39. The molecular formula is C30H37N3O7S. The highest BCUT2D eigenvalue weighted by molar-refractivity contribution is 7.89. The van der Waals surface area contributed by atoms with Crippen LogP contribution in [0.15, 0.2) is 89.8 Å². The number of nitrogens with one attached hydrogen (secondary N) is 3. The van der Waals surface area contributed by atoms with Crippen molar-refractivity contribution in [2.24, 2.45) is 5.92 Å². The van der Waals surface area contributed by atoms with Gasteiger partial charge in [0.1, 0.15) is 29.9 Å². The molecule has 0 aliphatic rings. The summed E-state index contributed by atoms with van der Waals surface area (Å²) in [5.41, 5.74) is 1.69. The van der Waals surface area contributed by atoms with Crippen LogP contribution >= 0.6 is 0 Å². The van der Waals surface area contributed by atoms with Crippen LogP contribution in [0.5, 0.6) is 5.75 Å². The molecule has 0 radical (unpaired) electrons. The number of hydrogen-bond donors (Lipinski definition) is 4. The fourth-order valence-corrected chi connectivity index (χ4v) is 5.05. The average molecular weight is 584 g/mol. The van der Waals surface area contributed by atoms with Crippen LogP contribution < -0.4 is 20.1 Å². The Morgan fingerprint density at radius 3 is 2.05 bits per heavy atom. The van der Waals surface area contributed by atoms with E-state index in [4.69, 9.17) is 9.47 Å². The van der Waals surface area contributed by atoms with Gasteiger partial charge in [0.05, 0.1) is 6.10 Å². The van der Waals surface area contributed by atoms with Crippen LogP contribution in [0.25, 0.3) is 0 Å². The van der Waals surface area contributed by atoms with Gasteiger partial charge in [-0.25, -0.2) is 17.9 Å². The van der Waals surface area contributed by atoms with Gasteiger partial charge in [0.15, 0.2) is 0 Å². The van der Waals surface area contributed by atoms with Crippen molar-refractivity contribution in [1.82, 2.24) is 15.4 Å². The monoisotopic (exact) mass is 583 g/mol. The minimum atomic E-state index is -4.03. The van der Waals surface area contributed by atoms with Crippen molar-refractivity contribution in [2.75, 3.05) is 13.1 Å². The number of aliphatic hydroxyl groups is 1. The molecule has 0 fully saturated rings. The molecule has 0 aliphatic heterocycles. The van der Waals surface area contributed by atoms with Gasteiger partial charge in [0.25, 0.3) is 0 Å². The normalized spacial score (nSPS) is 12.8. The standard InChI is InChI=1S/C30H37N3O7S/c1-22(2)17-26(33-30(36)40-21-24-13-7-4-8-14-24)29(35)31-18-25(34)19-32-41(37,38)28-16-10-9-15-27(28)39-20-23-11-5-3-6-12-23/h3-16,22,25-26,32,34H,17-21H2,1-2H3,(H,31,35)(H,33,36)/t25?,26-/m0/s1. The molecule has 3 aromatic carbocycles. The number of amides is 2. The number of rotatable bonds is 15. The summed E-state index contributed by atoms with van der Waals surface area (Å²) < 4.78 is 39.3. The van der Waals surface area contributed by atoms with Crippen LogP contribution in [-0.4, -0.2) is 50.8 Å². The van der Waals surface area contributed by atoms with E-state index in [0.717, 1.165) is 11.1 Å². The third kappa shape index (κ3) is 10.9. The Hall–Kier alpha value is -3.93. The number of carbonyl (C=O) groups excluding carboxylic acids is 2. The largest absolute Gasteiger partial charge is 0.487 e. The van der Waals surface area contributed by atoms with Gasteiger partial charge in [0, 0.05) is 13.1 Å². The third-order valence-electron chi connectivity index (χ3n) is 5.93. The molecule has 10 nitrogen and oxygen atoms in total. The van der Waals surface area contributed by atoms with Gasteiger partial charge < -0.3 is 25.2 Å². The quantitative estimate of drug-likeness (QED) is 0.215. The van der Waals surface area contributed by atoms with Crippen molar-refractivity contribution in [2.45, 2.75) is 50.5 Å². The molecule has 41 heavy (non-hydrogen) atoms. The average Bonchev–Trinajstić information content (AvgIpc) is 2.97. The zero-order valence-corrected chi connectivity index (χ0v) is 24.0. The molecule has 3 aromatic rings. The van der Waals surface area contributed by atoms with Gasteiger partial charge in [-0.2, -0.15) is 0 Å². The molecule has 1 unspecified atom stereocenters. The first-order valence-corrected chi connectivity index (χ1v) is 14.8. The van der Waals surface area contributed by atoms with Crippen LogP contribution in [0.3, 0.4) is 0 Å². The number of hydrogen-bond acceptors (Lipinski definition) is 7. The highest BCUT2D eigenvalue weighted by Gasteiger charge is 2.24. The molecule has 0 aromatic heterocycles. The molecule has 0 aliphatic carbocycles. The number of para-hydroxylation sites is 1. The van der Waals surface area contributed by atoms with Crippen LogP contribution in [0.1, 0.15) is 31.4 Å². The summed E-state index contributed by atoms with van der Waals surface area (Å²) in [4.78, 5) is 25.0. The van der Waals surface area contributed by atoms with Crippen LogP contribution in [0.4, 0.5) is 4.79 Å². The second-order valence-corrected chi connectivity index (χ2v) is 11.6. The topological polar surface area (TPSA) is 143 Å². The Balaban J connectivity index is 1.50. The van der Waals surface area contributed by atoms with Gasteiger partial charge in [-0.05, 0) is 35.6 Å². The maximum absolute atomic E-state index is 13.0. The summed E-state index contributed by atoms with van der Waals surface area (Å²) in [6, 6.07) is 23.8. The molecule has 0 spiro atoms. The number of benzene rings is 3. The molecule has 11 heteroatoms. The minimum absolute atomic E-state index is 0.0575. The van der Waals surface area contributed by atoms with Crippen LogP contribution in [0.2, 0.25) is 0 Å². The number of alkyl carbamates (subject to hydrolysis) is 1. The van der Waals surface area contributed by atoms with Crippen LogP contribution in [-0.2, 0) is 32.8 Å². The molecule has 3 rings (SSSR count). The van der Waals surface area contributed by atoms with Gasteiger partial charge in [0.2, 0.25) is 15.9 Å². The Morgan fingerprint density at radius 2 is 1.41 bits per heavy atom. The number of sulfonamides is 1. The molecule has 0 bridgehead atoms. The molecule has 0 saturated heterocycles. The fraction of sp³-hybridized carbons (Fsp3) is 0.333. The van der Waals surface area contributed by atoms with E-state index in [1.54, 1.807) is 18.2 Å². The number of carbonyl (C=O) groups is 2. The summed E-state index contributed by atoms with van der Waals surface area (Å²) in [6.45, 7) is 3.47. The molecule has 0 saturated carbocycles. The first kappa shape index (κ1) is 31.6. The lowest BCUT2D eigenvalue weighted by atomic mass is 10.0. The summed E-state index contributed by atoms with van der Waals surface area (Å²) >= 11 is 0. The van der Waals surface area contributed by atoms with Crippen molar-refractivity contribution in [1.29, 1.82) is 0 Å². The smallest absolute Gasteiger partial charge is 0.408 e. The summed E-state index contributed by atoms with van der Waals surface area (Å²) in [5.74, 6) is -0.258. The lowest BCUT2D eigenvalue weighted by molar-refractivity contribution is -0.123. The zero-order chi connectivity index (χ0) is 29.7. The highest BCUT2D eigenvalue weighted by atomic mass is 32.2. The minimum Gasteiger partial charge on any atom is -0.487 e. The van der Waals surface area contributed by atoms with Crippen molar-refractivity contribution in [3.63, 3.8) is 0 Å². The van der Waals surface area contributed by atoms with E-state index in [1.807, 2.05) is 74.5 Å². The van der Waals surface area contributed by atoms with E-state index in [-0.39, 0.29) is 42.9 Å². The Morgan fingerprint density at radius 1 is 0.829 bits per heavy atom. The van der Waals surface area contributed by atoms with E-state index in [9.17, 15) is 23.1 Å². The van der Waals surface area contributed by atoms with Crippen LogP contribution in [0, 0.1) is 5.92 Å². The van der Waals surface area contributed by atoms with Crippen molar-refractivity contribution in [3.05, 3.63) is 96.1 Å². The first-order valence-electron chi connectivity index (χ1n) is 13.3. The van der Waals surface area contributed by atoms with Gasteiger partial charge in [-0.15, -0.1) is 0 Å².